The largest absolute Gasteiger partial charge is 0.382 e. The Morgan fingerprint density at radius 2 is 1.65 bits per heavy atom. The van der Waals surface area contributed by atoms with Gasteiger partial charge in [-0.2, -0.15) is 4.98 Å². The number of imidazole rings is 2. The maximum atomic E-state index is 5.76. The van der Waals surface area contributed by atoms with Gasteiger partial charge >= 0.3 is 0 Å². The molecule has 20 heavy (non-hydrogen) atoms. The van der Waals surface area contributed by atoms with Crippen molar-refractivity contribution in [1.29, 1.82) is 0 Å². The molecule has 0 saturated carbocycles. The van der Waals surface area contributed by atoms with Gasteiger partial charge in [0.2, 0.25) is 5.95 Å². The van der Waals surface area contributed by atoms with Crippen molar-refractivity contribution in [3.05, 3.63) is 25.2 Å². The fourth-order valence-corrected chi connectivity index (χ4v) is 1.97. The zero-order valence-electron chi connectivity index (χ0n) is 10.0. The third-order valence-electron chi connectivity index (χ3n) is 2.87. The summed E-state index contributed by atoms with van der Waals surface area (Å²) in [5.74, 6) is 0.477. The molecule has 0 aliphatic heterocycles. The first-order valence-electron chi connectivity index (χ1n) is 5.64. The van der Waals surface area contributed by atoms with Crippen LogP contribution in [0.4, 0.5) is 11.8 Å². The summed E-state index contributed by atoms with van der Waals surface area (Å²) in [4.78, 5) is 24.5. The van der Waals surface area contributed by atoms with Crippen LogP contribution in [0.5, 0.6) is 0 Å². The van der Waals surface area contributed by atoms with Gasteiger partial charge < -0.3 is 11.5 Å². The van der Waals surface area contributed by atoms with Gasteiger partial charge in [-0.15, -0.1) is 0 Å². The van der Waals surface area contributed by atoms with Crippen LogP contribution in [-0.2, 0) is 0 Å². The number of fused-ring (bicyclic) bond motifs is 2. The van der Waals surface area contributed by atoms with Gasteiger partial charge in [-0.1, -0.05) is 0 Å². The summed E-state index contributed by atoms with van der Waals surface area (Å²) in [7, 11) is 0. The standard InChI is InChI=1S/C10H8N10/c11-7-6-9(15-2-14-7)20(4-17-6)19-3-16-5-1-13-10(12)18-8(5)19/h1-4H,(H2,11,14,15)(H2,12,13,18). The third kappa shape index (κ3) is 1.32. The van der Waals surface area contributed by atoms with E-state index in [-0.39, 0.29) is 5.95 Å². The number of hydrogen-bond donors (Lipinski definition) is 2. The quantitative estimate of drug-likeness (QED) is 0.468. The maximum absolute atomic E-state index is 5.76. The molecule has 0 aliphatic rings. The summed E-state index contributed by atoms with van der Waals surface area (Å²) in [6, 6.07) is 0. The molecule has 0 fully saturated rings. The minimum absolute atomic E-state index is 0.165. The highest BCUT2D eigenvalue weighted by molar-refractivity contribution is 5.81. The van der Waals surface area contributed by atoms with Crippen LogP contribution in [0.2, 0.25) is 0 Å². The van der Waals surface area contributed by atoms with Crippen LogP contribution in [0.15, 0.2) is 25.2 Å². The SMILES string of the molecule is Nc1ncc2ncn(-n3cnc4c(N)ncnc43)c2n1. The van der Waals surface area contributed by atoms with Crippen LogP contribution in [0.1, 0.15) is 0 Å². The lowest BCUT2D eigenvalue weighted by Gasteiger charge is -2.04. The summed E-state index contributed by atoms with van der Waals surface area (Å²) in [6.45, 7) is 0. The number of nitrogens with two attached hydrogens (primary N) is 2. The van der Waals surface area contributed by atoms with Crippen molar-refractivity contribution in [1.82, 2.24) is 39.3 Å². The zero-order chi connectivity index (χ0) is 13.7. The molecule has 4 aromatic rings. The van der Waals surface area contributed by atoms with Crippen LogP contribution in [0.3, 0.4) is 0 Å². The molecule has 4 rings (SSSR count). The average Bonchev–Trinajstić information content (AvgIpc) is 3.02. The highest BCUT2D eigenvalue weighted by Crippen LogP contribution is 2.17. The van der Waals surface area contributed by atoms with Crippen molar-refractivity contribution in [2.75, 3.05) is 11.5 Å². The zero-order valence-corrected chi connectivity index (χ0v) is 10.0. The van der Waals surface area contributed by atoms with E-state index in [1.54, 1.807) is 28.2 Å². The summed E-state index contributed by atoms with van der Waals surface area (Å²) in [5, 5.41) is 0. The van der Waals surface area contributed by atoms with Gasteiger partial charge in [0.05, 0.1) is 6.20 Å². The van der Waals surface area contributed by atoms with Gasteiger partial charge in [0.15, 0.2) is 22.6 Å². The minimum atomic E-state index is 0.165. The number of anilines is 2. The fourth-order valence-electron chi connectivity index (χ4n) is 1.97. The van der Waals surface area contributed by atoms with Crippen LogP contribution in [0.25, 0.3) is 22.3 Å². The highest BCUT2D eigenvalue weighted by Gasteiger charge is 2.12. The normalized spacial score (nSPS) is 11.4. The highest BCUT2D eigenvalue weighted by atomic mass is 15.5. The first-order valence-corrected chi connectivity index (χ1v) is 5.64. The van der Waals surface area contributed by atoms with E-state index in [1.807, 2.05) is 0 Å². The third-order valence-corrected chi connectivity index (χ3v) is 2.87. The Balaban J connectivity index is 2.06. The summed E-state index contributed by atoms with van der Waals surface area (Å²) in [5.41, 5.74) is 13.6. The second-order valence-electron chi connectivity index (χ2n) is 4.05. The number of nitrogens with zero attached hydrogens (tertiary/aromatic N) is 8. The lowest BCUT2D eigenvalue weighted by atomic mass is 10.5. The van der Waals surface area contributed by atoms with Crippen molar-refractivity contribution < 1.29 is 0 Å². The minimum Gasteiger partial charge on any atom is -0.382 e. The topological polar surface area (TPSA) is 139 Å². The fraction of sp³-hybridized carbons (Fsp3) is 0. The smallest absolute Gasteiger partial charge is 0.222 e. The van der Waals surface area contributed by atoms with E-state index in [0.29, 0.717) is 28.1 Å². The molecule has 0 aliphatic carbocycles. The van der Waals surface area contributed by atoms with Crippen molar-refractivity contribution in [3.63, 3.8) is 0 Å². The van der Waals surface area contributed by atoms with E-state index in [0.717, 1.165) is 0 Å². The van der Waals surface area contributed by atoms with Crippen LogP contribution >= 0.6 is 0 Å². The van der Waals surface area contributed by atoms with E-state index >= 15 is 0 Å². The van der Waals surface area contributed by atoms with Gasteiger partial charge in [0.1, 0.15) is 24.5 Å². The van der Waals surface area contributed by atoms with E-state index in [4.69, 9.17) is 11.5 Å². The molecule has 10 heteroatoms. The molecule has 10 nitrogen and oxygen atoms in total. The Morgan fingerprint density at radius 1 is 0.850 bits per heavy atom. The second-order valence-corrected chi connectivity index (χ2v) is 4.05. The molecule has 0 radical (unpaired) electrons. The van der Waals surface area contributed by atoms with E-state index in [2.05, 4.69) is 29.9 Å². The van der Waals surface area contributed by atoms with Gasteiger partial charge in [0.25, 0.3) is 0 Å². The number of aromatic nitrogens is 8. The Labute approximate surface area is 111 Å². The molecular weight excluding hydrogens is 260 g/mol. The van der Waals surface area contributed by atoms with E-state index in [9.17, 15) is 0 Å². The monoisotopic (exact) mass is 268 g/mol. The number of hydrogen-bond acceptors (Lipinski definition) is 8. The molecule has 0 bridgehead atoms. The predicted octanol–water partition coefficient (Wildman–Crippen LogP) is -0.558. The Bertz CT molecular complexity index is 932. The molecule has 0 amide bonds. The van der Waals surface area contributed by atoms with Crippen molar-refractivity contribution in [2.24, 2.45) is 0 Å². The Kier molecular flexibility index (Phi) is 1.91. The molecule has 0 unspecified atom stereocenters. The molecule has 0 spiro atoms. The van der Waals surface area contributed by atoms with E-state index < -0.39 is 0 Å². The van der Waals surface area contributed by atoms with E-state index in [1.165, 1.54) is 6.33 Å². The van der Waals surface area contributed by atoms with Crippen LogP contribution < -0.4 is 11.5 Å². The van der Waals surface area contributed by atoms with Crippen molar-refractivity contribution >= 4 is 34.1 Å². The molecule has 4 aromatic heterocycles. The first kappa shape index (κ1) is 10.6. The summed E-state index contributed by atoms with van der Waals surface area (Å²) >= 11 is 0. The molecule has 0 atom stereocenters. The predicted molar refractivity (Wildman–Crippen MR) is 70.3 cm³/mol. The Morgan fingerprint density at radius 3 is 2.55 bits per heavy atom. The first-order chi connectivity index (χ1) is 9.74. The molecular formula is C10H8N10. The second kappa shape index (κ2) is 3.60. The summed E-state index contributed by atoms with van der Waals surface area (Å²) in [6.07, 6.45) is 6.07. The van der Waals surface area contributed by atoms with Crippen molar-refractivity contribution in [2.45, 2.75) is 0 Å². The van der Waals surface area contributed by atoms with Gasteiger partial charge in [0, 0.05) is 0 Å². The molecule has 4 N–H and O–H groups in total. The molecule has 4 heterocycles. The summed E-state index contributed by atoms with van der Waals surface area (Å²) < 4.78 is 3.32. The molecule has 0 aromatic carbocycles. The average molecular weight is 268 g/mol. The Hall–Kier alpha value is -3.30. The lowest BCUT2D eigenvalue weighted by molar-refractivity contribution is 0.688. The molecule has 98 valence electrons. The molecule has 0 saturated heterocycles. The maximum Gasteiger partial charge on any atom is 0.222 e. The van der Waals surface area contributed by atoms with Crippen LogP contribution in [-0.4, -0.2) is 39.3 Å². The van der Waals surface area contributed by atoms with Crippen LogP contribution in [0, 0.1) is 0 Å². The lowest BCUT2D eigenvalue weighted by Crippen LogP contribution is -2.09. The number of nitrogen functional groups attached to an aromatic ring is 2. The van der Waals surface area contributed by atoms with Gasteiger partial charge in [-0.25, -0.2) is 34.3 Å². The van der Waals surface area contributed by atoms with Crippen molar-refractivity contribution in [3.8, 4) is 0 Å². The number of rotatable bonds is 1. The van der Waals surface area contributed by atoms with Gasteiger partial charge in [-0.05, 0) is 0 Å². The van der Waals surface area contributed by atoms with Gasteiger partial charge in [-0.3, -0.25) is 0 Å².